The van der Waals surface area contributed by atoms with E-state index in [1.165, 1.54) is 0 Å². The molecule has 0 aliphatic carbocycles. The van der Waals surface area contributed by atoms with Gasteiger partial charge in [-0.25, -0.2) is 4.79 Å². The van der Waals surface area contributed by atoms with Crippen molar-refractivity contribution in [3.8, 4) is 0 Å². The lowest BCUT2D eigenvalue weighted by Gasteiger charge is -2.22. The average molecular weight is 327 g/mol. The van der Waals surface area contributed by atoms with Crippen molar-refractivity contribution in [3.63, 3.8) is 0 Å². The minimum absolute atomic E-state index is 0.571. The number of halogens is 1. The van der Waals surface area contributed by atoms with E-state index in [1.54, 1.807) is 31.2 Å². The van der Waals surface area contributed by atoms with Crippen LogP contribution in [0.4, 0.5) is 4.79 Å². The maximum Gasteiger partial charge on any atom is 0.325 e. The zero-order valence-corrected chi connectivity index (χ0v) is 11.6. The monoisotopic (exact) mass is 326 g/mol. The molecule has 3 amide bonds. The van der Waals surface area contributed by atoms with Gasteiger partial charge in [0.05, 0.1) is 0 Å². The summed E-state index contributed by atoms with van der Waals surface area (Å²) in [6.45, 7) is 0.908. The summed E-state index contributed by atoms with van der Waals surface area (Å²) in [5, 5.41) is 11.2. The SMILES string of the molecule is C[C@]1(c2cccc(Br)c2)NC(=O)N(CC(=O)O)C1=O. The molecule has 0 aromatic heterocycles. The van der Waals surface area contributed by atoms with E-state index in [0.717, 1.165) is 4.47 Å². The smallest absolute Gasteiger partial charge is 0.325 e. The quantitative estimate of drug-likeness (QED) is 0.820. The fraction of sp³-hybridized carbons (Fsp3) is 0.250. The second-order valence-electron chi connectivity index (χ2n) is 4.35. The summed E-state index contributed by atoms with van der Waals surface area (Å²) in [5.74, 6) is -1.81. The van der Waals surface area contributed by atoms with Crippen LogP contribution < -0.4 is 5.32 Å². The van der Waals surface area contributed by atoms with E-state index in [4.69, 9.17) is 5.11 Å². The van der Waals surface area contributed by atoms with E-state index in [9.17, 15) is 14.4 Å². The third-order valence-electron chi connectivity index (χ3n) is 2.97. The van der Waals surface area contributed by atoms with Crippen molar-refractivity contribution in [2.75, 3.05) is 6.54 Å². The van der Waals surface area contributed by atoms with E-state index in [1.807, 2.05) is 0 Å². The minimum atomic E-state index is -1.24. The van der Waals surface area contributed by atoms with Crippen LogP contribution in [0.15, 0.2) is 28.7 Å². The zero-order chi connectivity index (χ0) is 14.2. The Hall–Kier alpha value is -1.89. The number of nitrogens with one attached hydrogen (secondary N) is 1. The number of rotatable bonds is 3. The second kappa shape index (κ2) is 4.65. The molecule has 1 fully saturated rings. The normalized spacial score (nSPS) is 22.5. The summed E-state index contributed by atoms with van der Waals surface area (Å²) in [6, 6.07) is 6.25. The topological polar surface area (TPSA) is 86.7 Å². The third kappa shape index (κ3) is 2.33. The van der Waals surface area contributed by atoms with E-state index < -0.39 is 30.0 Å². The maximum absolute atomic E-state index is 12.2. The molecule has 2 N–H and O–H groups in total. The van der Waals surface area contributed by atoms with Crippen LogP contribution in [0.1, 0.15) is 12.5 Å². The molecule has 1 heterocycles. The van der Waals surface area contributed by atoms with Crippen molar-refractivity contribution < 1.29 is 19.5 Å². The summed E-state index contributed by atoms with van der Waals surface area (Å²) in [4.78, 5) is 35.3. The molecule has 6 nitrogen and oxygen atoms in total. The van der Waals surface area contributed by atoms with Crippen molar-refractivity contribution in [1.29, 1.82) is 0 Å². The molecular formula is C12H11BrN2O4. The van der Waals surface area contributed by atoms with E-state index in [-0.39, 0.29) is 0 Å². The Labute approximate surface area is 117 Å². The van der Waals surface area contributed by atoms with E-state index in [2.05, 4.69) is 21.2 Å². The molecule has 1 aliphatic rings. The number of carboxylic acids is 1. The van der Waals surface area contributed by atoms with Gasteiger partial charge in [-0.1, -0.05) is 28.1 Å². The van der Waals surface area contributed by atoms with Gasteiger partial charge in [-0.15, -0.1) is 0 Å². The predicted molar refractivity (Wildman–Crippen MR) is 69.4 cm³/mol. The highest BCUT2D eigenvalue weighted by atomic mass is 79.9. The number of nitrogens with zero attached hydrogens (tertiary/aromatic N) is 1. The van der Waals surface area contributed by atoms with Gasteiger partial charge in [0.25, 0.3) is 5.91 Å². The Balaban J connectivity index is 2.38. The highest BCUT2D eigenvalue weighted by Gasteiger charge is 2.49. The molecule has 0 saturated carbocycles. The molecule has 1 saturated heterocycles. The van der Waals surface area contributed by atoms with Crippen LogP contribution in [0.2, 0.25) is 0 Å². The lowest BCUT2D eigenvalue weighted by molar-refractivity contribution is -0.142. The Kier molecular flexibility index (Phi) is 3.32. The number of urea groups is 1. The fourth-order valence-corrected chi connectivity index (χ4v) is 2.37. The first kappa shape index (κ1) is 13.5. The number of hydrogen-bond acceptors (Lipinski definition) is 3. The fourth-order valence-electron chi connectivity index (χ4n) is 1.97. The summed E-state index contributed by atoms with van der Waals surface area (Å²) in [5.41, 5.74) is -0.649. The number of imide groups is 1. The van der Waals surface area contributed by atoms with Crippen LogP contribution in [0.3, 0.4) is 0 Å². The van der Waals surface area contributed by atoms with Gasteiger partial charge >= 0.3 is 12.0 Å². The maximum atomic E-state index is 12.2. The van der Waals surface area contributed by atoms with Gasteiger partial charge in [0, 0.05) is 4.47 Å². The first-order valence-electron chi connectivity index (χ1n) is 5.46. The van der Waals surface area contributed by atoms with Crippen LogP contribution in [-0.2, 0) is 15.1 Å². The zero-order valence-electron chi connectivity index (χ0n) is 10.0. The number of aliphatic carboxylic acids is 1. The molecule has 1 aliphatic heterocycles. The van der Waals surface area contributed by atoms with Crippen molar-refractivity contribution in [2.45, 2.75) is 12.5 Å². The molecular weight excluding hydrogens is 316 g/mol. The number of carbonyl (C=O) groups is 3. The number of carbonyl (C=O) groups excluding carboxylic acids is 2. The second-order valence-corrected chi connectivity index (χ2v) is 5.27. The van der Waals surface area contributed by atoms with Crippen molar-refractivity contribution in [2.24, 2.45) is 0 Å². The lowest BCUT2D eigenvalue weighted by Crippen LogP contribution is -2.41. The first-order valence-corrected chi connectivity index (χ1v) is 6.26. The minimum Gasteiger partial charge on any atom is -0.480 e. The van der Waals surface area contributed by atoms with Gasteiger partial charge in [-0.2, -0.15) is 0 Å². The molecule has 100 valence electrons. The van der Waals surface area contributed by atoms with E-state index >= 15 is 0 Å². The van der Waals surface area contributed by atoms with Crippen molar-refractivity contribution >= 4 is 33.8 Å². The number of carboxylic acid groups (broad SMARTS) is 1. The average Bonchev–Trinajstić information content (AvgIpc) is 2.54. The Morgan fingerprint density at radius 1 is 1.47 bits per heavy atom. The van der Waals surface area contributed by atoms with Gasteiger partial charge in [-0.3, -0.25) is 14.5 Å². The van der Waals surface area contributed by atoms with Crippen LogP contribution in [0.25, 0.3) is 0 Å². The molecule has 0 radical (unpaired) electrons. The van der Waals surface area contributed by atoms with Gasteiger partial charge in [0.2, 0.25) is 0 Å². The lowest BCUT2D eigenvalue weighted by atomic mass is 9.92. The molecule has 1 atom stereocenters. The largest absolute Gasteiger partial charge is 0.480 e. The Morgan fingerprint density at radius 3 is 2.74 bits per heavy atom. The van der Waals surface area contributed by atoms with Crippen molar-refractivity contribution in [3.05, 3.63) is 34.3 Å². The highest BCUT2D eigenvalue weighted by Crippen LogP contribution is 2.30. The molecule has 2 rings (SSSR count). The molecule has 7 heteroatoms. The number of hydrogen-bond donors (Lipinski definition) is 2. The third-order valence-corrected chi connectivity index (χ3v) is 3.46. The van der Waals surface area contributed by atoms with Gasteiger partial charge in [0.1, 0.15) is 12.1 Å². The summed E-state index contributed by atoms with van der Waals surface area (Å²) in [6.07, 6.45) is 0. The molecule has 0 spiro atoms. The van der Waals surface area contributed by atoms with Crippen LogP contribution >= 0.6 is 15.9 Å². The summed E-state index contributed by atoms with van der Waals surface area (Å²) >= 11 is 3.29. The molecule has 19 heavy (non-hydrogen) atoms. The summed E-state index contributed by atoms with van der Waals surface area (Å²) in [7, 11) is 0. The molecule has 1 aromatic carbocycles. The molecule has 0 bridgehead atoms. The molecule has 0 unspecified atom stereocenters. The van der Waals surface area contributed by atoms with Gasteiger partial charge < -0.3 is 10.4 Å². The first-order chi connectivity index (χ1) is 8.84. The standard InChI is InChI=1S/C12H11BrN2O4/c1-12(7-3-2-4-8(13)5-7)10(18)15(6-9(16)17)11(19)14-12/h2-5H,6H2,1H3,(H,14,19)(H,16,17)/t12-/m1/s1. The Bertz CT molecular complexity index is 575. The predicted octanol–water partition coefficient (Wildman–Crippen LogP) is 1.30. The highest BCUT2D eigenvalue weighted by molar-refractivity contribution is 9.10. The van der Waals surface area contributed by atoms with E-state index in [0.29, 0.717) is 10.5 Å². The Morgan fingerprint density at radius 2 is 2.16 bits per heavy atom. The van der Waals surface area contributed by atoms with Gasteiger partial charge in [-0.05, 0) is 24.6 Å². The molecule has 1 aromatic rings. The number of benzene rings is 1. The van der Waals surface area contributed by atoms with Crippen molar-refractivity contribution in [1.82, 2.24) is 10.2 Å². The van der Waals surface area contributed by atoms with Crippen LogP contribution in [-0.4, -0.2) is 34.5 Å². The number of amides is 3. The van der Waals surface area contributed by atoms with Crippen LogP contribution in [0, 0.1) is 0 Å². The van der Waals surface area contributed by atoms with Crippen LogP contribution in [0.5, 0.6) is 0 Å². The van der Waals surface area contributed by atoms with Gasteiger partial charge in [0.15, 0.2) is 0 Å². The summed E-state index contributed by atoms with van der Waals surface area (Å²) < 4.78 is 0.768.